The molecule has 1 heterocycles. The molecule has 0 N–H and O–H groups in total. The van der Waals surface area contributed by atoms with Crippen LogP contribution in [0.2, 0.25) is 0 Å². The number of carbonyl (C=O) groups excluding carboxylic acids is 1. The number of hydrogen-bond donors (Lipinski definition) is 0. The van der Waals surface area contributed by atoms with E-state index in [1.807, 2.05) is 11.8 Å². The normalized spacial score (nSPS) is 15.3. The number of carbonyl (C=O) groups is 1. The lowest BCUT2D eigenvalue weighted by molar-refractivity contribution is 0.0971. The predicted molar refractivity (Wildman–Crippen MR) is 65.7 cm³/mol. The molecular formula is C12H16N2OS. The summed E-state index contributed by atoms with van der Waals surface area (Å²) in [5, 5.41) is 0.585. The lowest BCUT2D eigenvalue weighted by atomic mass is 9.96. The fraction of sp³-hybridized carbons (Fsp3) is 0.583. The molecule has 0 amide bonds. The van der Waals surface area contributed by atoms with Crippen LogP contribution < -0.4 is 0 Å². The molecule has 16 heavy (non-hydrogen) atoms. The molecule has 1 aromatic rings. The van der Waals surface area contributed by atoms with Crippen LogP contribution in [0.15, 0.2) is 6.20 Å². The van der Waals surface area contributed by atoms with Crippen LogP contribution in [0.4, 0.5) is 0 Å². The summed E-state index contributed by atoms with van der Waals surface area (Å²) in [6, 6.07) is 0. The van der Waals surface area contributed by atoms with Crippen molar-refractivity contribution in [3.8, 4) is 0 Å². The Morgan fingerprint density at radius 1 is 1.44 bits per heavy atom. The molecule has 0 saturated heterocycles. The molecule has 0 saturated carbocycles. The van der Waals surface area contributed by atoms with Crippen LogP contribution >= 0.6 is 11.8 Å². The van der Waals surface area contributed by atoms with Crippen LogP contribution in [0.5, 0.6) is 0 Å². The van der Waals surface area contributed by atoms with E-state index in [2.05, 4.69) is 23.8 Å². The van der Waals surface area contributed by atoms with Crippen molar-refractivity contribution in [1.29, 1.82) is 0 Å². The van der Waals surface area contributed by atoms with Crippen molar-refractivity contribution < 1.29 is 4.79 Å². The molecule has 0 aliphatic heterocycles. The standard InChI is InChI=1S/C12H16N2OS/c1-8(2)16-7-12-13-6-9-10(14-12)4-3-5-11(9)15/h6,8H,3-5,7H2,1-2H3. The van der Waals surface area contributed by atoms with E-state index in [0.29, 0.717) is 11.7 Å². The predicted octanol–water partition coefficient (Wildman–Crippen LogP) is 2.64. The van der Waals surface area contributed by atoms with Gasteiger partial charge in [0.05, 0.1) is 17.0 Å². The fourth-order valence-electron chi connectivity index (χ4n) is 1.74. The molecular weight excluding hydrogens is 220 g/mol. The maximum absolute atomic E-state index is 11.6. The first-order chi connectivity index (χ1) is 7.66. The molecule has 0 radical (unpaired) electrons. The van der Waals surface area contributed by atoms with Crippen molar-refractivity contribution in [2.45, 2.75) is 44.1 Å². The second-order valence-corrected chi connectivity index (χ2v) is 5.85. The van der Waals surface area contributed by atoms with Gasteiger partial charge in [-0.2, -0.15) is 11.8 Å². The van der Waals surface area contributed by atoms with Gasteiger partial charge in [0.1, 0.15) is 5.82 Å². The van der Waals surface area contributed by atoms with Crippen LogP contribution in [0.3, 0.4) is 0 Å². The molecule has 1 aromatic heterocycles. The van der Waals surface area contributed by atoms with E-state index in [1.54, 1.807) is 6.20 Å². The smallest absolute Gasteiger partial charge is 0.166 e. The number of thioether (sulfide) groups is 1. The van der Waals surface area contributed by atoms with Gasteiger partial charge in [-0.1, -0.05) is 13.8 Å². The lowest BCUT2D eigenvalue weighted by Crippen LogP contribution is -2.14. The summed E-state index contributed by atoms with van der Waals surface area (Å²) in [6.45, 7) is 4.32. The zero-order chi connectivity index (χ0) is 11.5. The number of aromatic nitrogens is 2. The highest BCUT2D eigenvalue weighted by Crippen LogP contribution is 2.20. The zero-order valence-electron chi connectivity index (χ0n) is 9.69. The average Bonchev–Trinajstić information content (AvgIpc) is 2.26. The van der Waals surface area contributed by atoms with Crippen molar-refractivity contribution in [2.75, 3.05) is 0 Å². The minimum atomic E-state index is 0.198. The Morgan fingerprint density at radius 2 is 2.25 bits per heavy atom. The third kappa shape index (κ3) is 2.61. The number of rotatable bonds is 3. The van der Waals surface area contributed by atoms with E-state index in [0.717, 1.165) is 35.7 Å². The van der Waals surface area contributed by atoms with Crippen LogP contribution in [-0.2, 0) is 12.2 Å². The Morgan fingerprint density at radius 3 is 3.00 bits per heavy atom. The molecule has 0 aromatic carbocycles. The zero-order valence-corrected chi connectivity index (χ0v) is 10.5. The largest absolute Gasteiger partial charge is 0.294 e. The molecule has 1 aliphatic carbocycles. The van der Waals surface area contributed by atoms with Gasteiger partial charge in [0, 0.05) is 12.6 Å². The molecule has 0 bridgehead atoms. The molecule has 4 heteroatoms. The van der Waals surface area contributed by atoms with Gasteiger partial charge in [-0.25, -0.2) is 9.97 Å². The Balaban J connectivity index is 2.15. The minimum Gasteiger partial charge on any atom is -0.294 e. The fourth-order valence-corrected chi connectivity index (χ4v) is 2.37. The van der Waals surface area contributed by atoms with Crippen molar-refractivity contribution in [3.63, 3.8) is 0 Å². The summed E-state index contributed by atoms with van der Waals surface area (Å²) in [4.78, 5) is 20.3. The number of fused-ring (bicyclic) bond motifs is 1. The number of ketones is 1. The summed E-state index contributed by atoms with van der Waals surface area (Å²) >= 11 is 1.83. The van der Waals surface area contributed by atoms with Gasteiger partial charge in [-0.05, 0) is 18.1 Å². The van der Waals surface area contributed by atoms with Gasteiger partial charge >= 0.3 is 0 Å². The molecule has 2 rings (SSSR count). The number of Topliss-reactive ketones (excluding diaryl/α,β-unsaturated/α-hetero) is 1. The van der Waals surface area contributed by atoms with Crippen LogP contribution in [-0.4, -0.2) is 21.0 Å². The Labute approximate surface area is 100 Å². The van der Waals surface area contributed by atoms with Crippen LogP contribution in [0, 0.1) is 0 Å². The quantitative estimate of drug-likeness (QED) is 0.809. The van der Waals surface area contributed by atoms with Gasteiger partial charge < -0.3 is 0 Å². The van der Waals surface area contributed by atoms with E-state index < -0.39 is 0 Å². The van der Waals surface area contributed by atoms with Gasteiger partial charge in [0.15, 0.2) is 5.78 Å². The lowest BCUT2D eigenvalue weighted by Gasteiger charge is -2.13. The third-order valence-electron chi connectivity index (χ3n) is 2.58. The summed E-state index contributed by atoms with van der Waals surface area (Å²) < 4.78 is 0. The molecule has 0 fully saturated rings. The molecule has 0 unspecified atom stereocenters. The number of nitrogens with zero attached hydrogens (tertiary/aromatic N) is 2. The van der Waals surface area contributed by atoms with E-state index in [-0.39, 0.29) is 5.78 Å². The Kier molecular flexibility index (Phi) is 3.59. The van der Waals surface area contributed by atoms with E-state index in [9.17, 15) is 4.79 Å². The third-order valence-corrected chi connectivity index (χ3v) is 3.67. The van der Waals surface area contributed by atoms with E-state index in [4.69, 9.17) is 0 Å². The first-order valence-corrected chi connectivity index (χ1v) is 6.71. The molecule has 3 nitrogen and oxygen atoms in total. The summed E-state index contributed by atoms with van der Waals surface area (Å²) in [5.74, 6) is 1.88. The van der Waals surface area contributed by atoms with Crippen LogP contribution in [0.1, 0.15) is 48.6 Å². The first kappa shape index (κ1) is 11.6. The monoisotopic (exact) mass is 236 g/mol. The topological polar surface area (TPSA) is 42.9 Å². The summed E-state index contributed by atoms with van der Waals surface area (Å²) in [6.07, 6.45) is 4.21. The molecule has 0 atom stereocenters. The average molecular weight is 236 g/mol. The van der Waals surface area contributed by atoms with Gasteiger partial charge in [-0.15, -0.1) is 0 Å². The Hall–Kier alpha value is -0.900. The summed E-state index contributed by atoms with van der Waals surface area (Å²) in [7, 11) is 0. The molecule has 0 spiro atoms. The van der Waals surface area contributed by atoms with Crippen molar-refractivity contribution >= 4 is 17.5 Å². The first-order valence-electron chi connectivity index (χ1n) is 5.66. The van der Waals surface area contributed by atoms with Gasteiger partial charge in [-0.3, -0.25) is 4.79 Å². The van der Waals surface area contributed by atoms with Crippen molar-refractivity contribution in [2.24, 2.45) is 0 Å². The number of hydrogen-bond acceptors (Lipinski definition) is 4. The Bertz CT molecular complexity index is 404. The maximum atomic E-state index is 11.6. The highest BCUT2D eigenvalue weighted by molar-refractivity contribution is 7.99. The van der Waals surface area contributed by atoms with Crippen LogP contribution in [0.25, 0.3) is 0 Å². The van der Waals surface area contributed by atoms with E-state index >= 15 is 0 Å². The second kappa shape index (κ2) is 4.95. The van der Waals surface area contributed by atoms with Crippen molar-refractivity contribution in [3.05, 3.63) is 23.3 Å². The van der Waals surface area contributed by atoms with Crippen molar-refractivity contribution in [1.82, 2.24) is 9.97 Å². The highest BCUT2D eigenvalue weighted by atomic mass is 32.2. The highest BCUT2D eigenvalue weighted by Gasteiger charge is 2.19. The SMILES string of the molecule is CC(C)SCc1ncc2c(n1)CCCC2=O. The maximum Gasteiger partial charge on any atom is 0.166 e. The number of aryl methyl sites for hydroxylation is 1. The molecule has 86 valence electrons. The van der Waals surface area contributed by atoms with E-state index in [1.165, 1.54) is 0 Å². The van der Waals surface area contributed by atoms with Gasteiger partial charge in [0.25, 0.3) is 0 Å². The minimum absolute atomic E-state index is 0.198. The second-order valence-electron chi connectivity index (χ2n) is 4.28. The molecule has 1 aliphatic rings. The summed E-state index contributed by atoms with van der Waals surface area (Å²) in [5.41, 5.74) is 1.69. The van der Waals surface area contributed by atoms with Gasteiger partial charge in [0.2, 0.25) is 0 Å².